The molecule has 3 aromatic carbocycles. The Balaban J connectivity index is 1.57. The molecule has 0 aromatic heterocycles. The number of carbonyl (C=O) groups excluding carboxylic acids is 1. The van der Waals surface area contributed by atoms with Crippen LogP contribution < -0.4 is 10.1 Å². The van der Waals surface area contributed by atoms with Crippen LogP contribution in [0.4, 0.5) is 18.9 Å². The number of hydrogen-bond donors (Lipinski definition) is 2. The Hall–Kier alpha value is -3.58. The number of alkyl halides is 3. The molecule has 3 rings (SSSR count). The van der Waals surface area contributed by atoms with Crippen LogP contribution in [-0.4, -0.2) is 46.2 Å². The summed E-state index contributed by atoms with van der Waals surface area (Å²) in [5.74, 6) is -0.549. The van der Waals surface area contributed by atoms with Crippen molar-refractivity contribution in [1.29, 1.82) is 0 Å². The number of carbonyl (C=O) groups is 1. The molecule has 3 aromatic rings. The van der Waals surface area contributed by atoms with E-state index in [1.807, 2.05) is 0 Å². The number of aromatic hydroxyl groups is 1. The fourth-order valence-electron chi connectivity index (χ4n) is 3.05. The van der Waals surface area contributed by atoms with Crippen molar-refractivity contribution in [3.8, 4) is 11.5 Å². The summed E-state index contributed by atoms with van der Waals surface area (Å²) in [4.78, 5) is 11.3. The molecule has 0 heterocycles. The van der Waals surface area contributed by atoms with Crippen LogP contribution in [0.15, 0.2) is 76.5 Å². The van der Waals surface area contributed by atoms with E-state index in [1.54, 1.807) is 0 Å². The van der Waals surface area contributed by atoms with Crippen molar-refractivity contribution < 1.29 is 44.6 Å². The maximum Gasteiger partial charge on any atom is 0.501 e. The zero-order chi connectivity index (χ0) is 26.7. The number of halogens is 3. The van der Waals surface area contributed by atoms with E-state index < -0.39 is 41.7 Å². The number of ether oxygens (including phenoxy) is 1. The van der Waals surface area contributed by atoms with Gasteiger partial charge >= 0.3 is 5.51 Å². The first-order valence-electron chi connectivity index (χ1n) is 10.2. The molecule has 0 aliphatic carbocycles. The highest BCUT2D eigenvalue weighted by molar-refractivity contribution is 7.92. The van der Waals surface area contributed by atoms with Crippen LogP contribution in [0.2, 0.25) is 0 Å². The molecule has 0 saturated carbocycles. The number of hydrogen-bond acceptors (Lipinski definition) is 7. The average molecular weight is 544 g/mol. The third-order valence-corrected chi connectivity index (χ3v) is 7.56. The van der Waals surface area contributed by atoms with Crippen molar-refractivity contribution in [1.82, 2.24) is 0 Å². The lowest BCUT2D eigenvalue weighted by molar-refractivity contribution is -0.0436. The number of benzene rings is 3. The summed E-state index contributed by atoms with van der Waals surface area (Å²) in [5.41, 5.74) is -4.39. The normalized spacial score (nSPS) is 12.2. The SMILES string of the molecule is CS(=O)(=O)c1cc(NC(=O)c2ccc(OCCc3ccc(S(=O)(=O)C(F)(F)F)cc3)cc2)ccc1O. The molecule has 36 heavy (non-hydrogen) atoms. The van der Waals surface area contributed by atoms with E-state index in [4.69, 9.17) is 4.74 Å². The Kier molecular flexibility index (Phi) is 7.65. The number of amides is 1. The van der Waals surface area contributed by atoms with Gasteiger partial charge < -0.3 is 15.2 Å². The van der Waals surface area contributed by atoms with Crippen molar-refractivity contribution >= 4 is 31.3 Å². The smallest absolute Gasteiger partial charge is 0.501 e. The van der Waals surface area contributed by atoms with E-state index in [2.05, 4.69) is 5.32 Å². The first-order valence-corrected chi connectivity index (χ1v) is 13.5. The van der Waals surface area contributed by atoms with Gasteiger partial charge in [-0.3, -0.25) is 4.79 Å². The van der Waals surface area contributed by atoms with E-state index in [1.165, 1.54) is 42.5 Å². The molecule has 0 spiro atoms. The van der Waals surface area contributed by atoms with Crippen LogP contribution in [0.5, 0.6) is 11.5 Å². The number of rotatable bonds is 8. The Morgan fingerprint density at radius 3 is 2.11 bits per heavy atom. The molecule has 192 valence electrons. The first-order chi connectivity index (χ1) is 16.7. The minimum Gasteiger partial charge on any atom is -0.507 e. The Labute approximate surface area is 205 Å². The lowest BCUT2D eigenvalue weighted by atomic mass is 10.1. The van der Waals surface area contributed by atoms with Gasteiger partial charge in [0.1, 0.15) is 16.4 Å². The molecule has 0 saturated heterocycles. The molecular weight excluding hydrogens is 523 g/mol. The van der Waals surface area contributed by atoms with Gasteiger partial charge in [0.05, 0.1) is 11.5 Å². The van der Waals surface area contributed by atoms with Crippen molar-refractivity contribution in [2.45, 2.75) is 21.7 Å². The topological polar surface area (TPSA) is 127 Å². The molecule has 0 bridgehead atoms. The Bertz CT molecular complexity index is 1470. The standard InChI is InChI=1S/C23H20F3NO7S2/c1-35(30,31)21-14-17(6-11-20(21)28)27-22(29)16-4-7-18(8-5-16)34-13-12-15-2-9-19(10-3-15)36(32,33)23(24,25)26/h2-11,14,28H,12-13H2,1H3,(H,27,29). The molecule has 0 aliphatic heterocycles. The molecule has 13 heteroatoms. The van der Waals surface area contributed by atoms with Crippen LogP contribution in [-0.2, 0) is 26.1 Å². The number of anilines is 1. The minimum absolute atomic E-state index is 0.138. The van der Waals surface area contributed by atoms with E-state index in [0.717, 1.165) is 30.5 Å². The summed E-state index contributed by atoms with van der Waals surface area (Å²) in [7, 11) is -9.10. The highest BCUT2D eigenvalue weighted by atomic mass is 32.2. The van der Waals surface area contributed by atoms with Crippen molar-refractivity contribution in [3.63, 3.8) is 0 Å². The zero-order valence-electron chi connectivity index (χ0n) is 18.6. The lowest BCUT2D eigenvalue weighted by Gasteiger charge is -2.10. The highest BCUT2D eigenvalue weighted by Crippen LogP contribution is 2.30. The molecule has 0 unspecified atom stereocenters. The fourth-order valence-corrected chi connectivity index (χ4v) is 4.60. The second kappa shape index (κ2) is 10.2. The number of sulfone groups is 2. The average Bonchev–Trinajstić information content (AvgIpc) is 2.79. The Morgan fingerprint density at radius 1 is 0.944 bits per heavy atom. The van der Waals surface area contributed by atoms with Crippen molar-refractivity contribution in [2.75, 3.05) is 18.2 Å². The maximum absolute atomic E-state index is 12.6. The van der Waals surface area contributed by atoms with Gasteiger partial charge in [-0.05, 0) is 60.2 Å². The van der Waals surface area contributed by atoms with Gasteiger partial charge in [-0.25, -0.2) is 16.8 Å². The lowest BCUT2D eigenvalue weighted by Crippen LogP contribution is -2.23. The third-order valence-electron chi connectivity index (χ3n) is 4.93. The summed E-state index contributed by atoms with van der Waals surface area (Å²) in [6.07, 6.45) is 1.22. The van der Waals surface area contributed by atoms with Crippen LogP contribution in [0, 0.1) is 0 Å². The molecule has 0 fully saturated rings. The van der Waals surface area contributed by atoms with Crippen LogP contribution in [0.3, 0.4) is 0 Å². The van der Waals surface area contributed by atoms with Gasteiger partial charge in [0, 0.05) is 23.9 Å². The van der Waals surface area contributed by atoms with Gasteiger partial charge in [0.15, 0.2) is 9.84 Å². The number of phenolic OH excluding ortho intramolecular Hbond substituents is 1. The second-order valence-corrected chi connectivity index (χ2v) is 11.6. The third kappa shape index (κ3) is 6.34. The van der Waals surface area contributed by atoms with E-state index >= 15 is 0 Å². The van der Waals surface area contributed by atoms with Crippen molar-refractivity contribution in [2.24, 2.45) is 0 Å². The maximum atomic E-state index is 12.6. The van der Waals surface area contributed by atoms with E-state index in [9.17, 15) is 39.9 Å². The number of phenols is 1. The molecular formula is C23H20F3NO7S2. The first kappa shape index (κ1) is 27.0. The molecule has 1 amide bonds. The van der Waals surface area contributed by atoms with Crippen LogP contribution >= 0.6 is 0 Å². The van der Waals surface area contributed by atoms with Gasteiger partial charge in [-0.1, -0.05) is 12.1 Å². The fraction of sp³-hybridized carbons (Fsp3) is 0.174. The predicted molar refractivity (Wildman–Crippen MR) is 124 cm³/mol. The van der Waals surface area contributed by atoms with Gasteiger partial charge in [-0.2, -0.15) is 13.2 Å². The zero-order valence-corrected chi connectivity index (χ0v) is 20.2. The van der Waals surface area contributed by atoms with Crippen LogP contribution in [0.1, 0.15) is 15.9 Å². The van der Waals surface area contributed by atoms with E-state index in [-0.39, 0.29) is 29.2 Å². The minimum atomic E-state index is -5.40. The quantitative estimate of drug-likeness (QED) is 0.412. The summed E-state index contributed by atoms with van der Waals surface area (Å²) in [5, 5.41) is 12.2. The van der Waals surface area contributed by atoms with Gasteiger partial charge in [0.2, 0.25) is 0 Å². The molecule has 0 aliphatic rings. The summed E-state index contributed by atoms with van der Waals surface area (Å²) in [6, 6.07) is 14.0. The summed E-state index contributed by atoms with van der Waals surface area (Å²) >= 11 is 0. The van der Waals surface area contributed by atoms with Crippen LogP contribution in [0.25, 0.3) is 0 Å². The second-order valence-electron chi connectivity index (χ2n) is 7.62. The molecule has 8 nitrogen and oxygen atoms in total. The molecule has 0 atom stereocenters. The molecule has 2 N–H and O–H groups in total. The largest absolute Gasteiger partial charge is 0.507 e. The summed E-state index contributed by atoms with van der Waals surface area (Å²) in [6.45, 7) is 0.138. The number of nitrogens with one attached hydrogen (secondary N) is 1. The van der Waals surface area contributed by atoms with Gasteiger partial charge in [0.25, 0.3) is 15.7 Å². The van der Waals surface area contributed by atoms with Crippen molar-refractivity contribution in [3.05, 3.63) is 77.9 Å². The highest BCUT2D eigenvalue weighted by Gasteiger charge is 2.46. The summed E-state index contributed by atoms with van der Waals surface area (Å²) < 4.78 is 89.6. The predicted octanol–water partition coefficient (Wildman–Crippen LogP) is 3.96. The Morgan fingerprint density at radius 2 is 1.56 bits per heavy atom. The molecule has 0 radical (unpaired) electrons. The van der Waals surface area contributed by atoms with E-state index in [0.29, 0.717) is 11.3 Å². The monoisotopic (exact) mass is 543 g/mol. The van der Waals surface area contributed by atoms with Gasteiger partial charge in [-0.15, -0.1) is 0 Å².